The molecule has 19 heavy (non-hydrogen) atoms. The van der Waals surface area contributed by atoms with Crippen LogP contribution in [0.2, 0.25) is 0 Å². The van der Waals surface area contributed by atoms with Gasteiger partial charge in [0.25, 0.3) is 0 Å². The lowest BCUT2D eigenvalue weighted by atomic mass is 10.4. The smallest absolute Gasteiger partial charge is 0.152 e. The summed E-state index contributed by atoms with van der Waals surface area (Å²) in [5.74, 6) is 0.615. The molecule has 0 saturated heterocycles. The molecule has 0 aliphatic rings. The topological polar surface area (TPSA) is 37.3 Å². The van der Waals surface area contributed by atoms with E-state index in [4.69, 9.17) is 5.11 Å². The molecule has 0 unspecified atom stereocenters. The van der Waals surface area contributed by atoms with Crippen LogP contribution in [0.15, 0.2) is 60.7 Å². The summed E-state index contributed by atoms with van der Waals surface area (Å²) in [6.07, 6.45) is 0. The Morgan fingerprint density at radius 2 is 1.37 bits per heavy atom. The van der Waals surface area contributed by atoms with E-state index in [0.717, 1.165) is 10.6 Å². The second kappa shape index (κ2) is 6.95. The van der Waals surface area contributed by atoms with Gasteiger partial charge in [-0.2, -0.15) is 11.8 Å². The molecule has 0 amide bonds. The summed E-state index contributed by atoms with van der Waals surface area (Å²) in [4.78, 5) is 0. The summed E-state index contributed by atoms with van der Waals surface area (Å²) in [5, 5.41) is 10.7. The highest BCUT2D eigenvalue weighted by atomic mass is 32.2. The molecule has 0 aromatic heterocycles. The fraction of sp³-hybridized carbons (Fsp3) is 0.200. The minimum Gasteiger partial charge on any atom is -0.396 e. The molecular formula is C15H17O2PS. The van der Waals surface area contributed by atoms with Crippen molar-refractivity contribution in [3.8, 4) is 0 Å². The van der Waals surface area contributed by atoms with Crippen LogP contribution in [0, 0.1) is 0 Å². The third-order valence-electron chi connectivity index (χ3n) is 2.86. The number of hydrogen-bond acceptors (Lipinski definition) is 3. The number of aliphatic hydroxyl groups is 1. The summed E-state index contributed by atoms with van der Waals surface area (Å²) in [7, 11) is -2.60. The molecule has 0 bridgehead atoms. The Balaban J connectivity index is 2.36. The van der Waals surface area contributed by atoms with Crippen LogP contribution in [0.25, 0.3) is 0 Å². The van der Waals surface area contributed by atoms with E-state index >= 15 is 0 Å². The molecule has 0 radical (unpaired) electrons. The minimum atomic E-state index is -2.60. The average molecular weight is 292 g/mol. The van der Waals surface area contributed by atoms with E-state index in [9.17, 15) is 4.57 Å². The first kappa shape index (κ1) is 14.4. The Bertz CT molecular complexity index is 499. The van der Waals surface area contributed by atoms with Crippen LogP contribution in [0.5, 0.6) is 0 Å². The molecule has 1 N–H and O–H groups in total. The summed E-state index contributed by atoms with van der Waals surface area (Å²) in [6.45, 7) is 0.119. The SMILES string of the molecule is O=P(CSCCO)(c1ccccc1)c1ccccc1. The molecule has 0 atom stereocenters. The fourth-order valence-corrected chi connectivity index (χ4v) is 6.37. The van der Waals surface area contributed by atoms with Crippen LogP contribution in [-0.4, -0.2) is 23.0 Å². The maximum atomic E-state index is 13.4. The van der Waals surface area contributed by atoms with Gasteiger partial charge in [0.05, 0.1) is 12.1 Å². The average Bonchev–Trinajstić information content (AvgIpc) is 2.49. The van der Waals surface area contributed by atoms with E-state index in [2.05, 4.69) is 0 Å². The van der Waals surface area contributed by atoms with E-state index in [1.54, 1.807) is 0 Å². The molecule has 2 aromatic rings. The molecule has 0 aliphatic heterocycles. The van der Waals surface area contributed by atoms with E-state index in [1.807, 2.05) is 60.7 Å². The van der Waals surface area contributed by atoms with E-state index in [-0.39, 0.29) is 6.61 Å². The summed E-state index contributed by atoms with van der Waals surface area (Å²) < 4.78 is 13.4. The largest absolute Gasteiger partial charge is 0.396 e. The van der Waals surface area contributed by atoms with Gasteiger partial charge in [0, 0.05) is 16.4 Å². The third kappa shape index (κ3) is 3.50. The van der Waals surface area contributed by atoms with Crippen LogP contribution in [0.4, 0.5) is 0 Å². The van der Waals surface area contributed by atoms with Crippen molar-refractivity contribution >= 4 is 29.5 Å². The van der Waals surface area contributed by atoms with Gasteiger partial charge >= 0.3 is 0 Å². The van der Waals surface area contributed by atoms with Crippen LogP contribution < -0.4 is 10.6 Å². The van der Waals surface area contributed by atoms with Crippen LogP contribution >= 0.6 is 18.9 Å². The quantitative estimate of drug-likeness (QED) is 0.657. The number of aliphatic hydroxyl groups excluding tert-OH is 1. The minimum absolute atomic E-state index is 0.119. The molecular weight excluding hydrogens is 275 g/mol. The van der Waals surface area contributed by atoms with Gasteiger partial charge in [-0.15, -0.1) is 0 Å². The predicted octanol–water partition coefficient (Wildman–Crippen LogP) is 2.68. The first-order valence-corrected chi connectivity index (χ1v) is 9.21. The standard InChI is InChI=1S/C15H17O2PS/c16-11-12-19-13-18(17,14-7-3-1-4-8-14)15-9-5-2-6-10-15/h1-10,16H,11-13H2. The van der Waals surface area contributed by atoms with Crippen molar-refractivity contribution in [1.82, 2.24) is 0 Å². The molecule has 100 valence electrons. The van der Waals surface area contributed by atoms with Gasteiger partial charge in [0.1, 0.15) is 0 Å². The van der Waals surface area contributed by atoms with Crippen molar-refractivity contribution in [3.63, 3.8) is 0 Å². The molecule has 0 spiro atoms. The summed E-state index contributed by atoms with van der Waals surface area (Å²) in [5.41, 5.74) is 0.529. The Morgan fingerprint density at radius 3 is 1.79 bits per heavy atom. The second-order valence-electron chi connectivity index (χ2n) is 4.17. The number of thioether (sulfide) groups is 1. The zero-order valence-corrected chi connectivity index (χ0v) is 12.3. The molecule has 0 heterocycles. The lowest BCUT2D eigenvalue weighted by Gasteiger charge is -2.18. The Kier molecular flexibility index (Phi) is 5.26. The highest BCUT2D eigenvalue weighted by molar-refractivity contribution is 8.07. The maximum Gasteiger partial charge on any atom is 0.152 e. The fourth-order valence-electron chi connectivity index (χ4n) is 1.89. The monoisotopic (exact) mass is 292 g/mol. The van der Waals surface area contributed by atoms with E-state index in [1.165, 1.54) is 11.8 Å². The van der Waals surface area contributed by atoms with Gasteiger partial charge in [-0.1, -0.05) is 60.7 Å². The first-order valence-electron chi connectivity index (χ1n) is 6.16. The zero-order valence-electron chi connectivity index (χ0n) is 10.6. The van der Waals surface area contributed by atoms with Crippen LogP contribution in [0.1, 0.15) is 0 Å². The predicted molar refractivity (Wildman–Crippen MR) is 84.2 cm³/mol. The Labute approximate surface area is 118 Å². The molecule has 2 nitrogen and oxygen atoms in total. The number of rotatable bonds is 6. The van der Waals surface area contributed by atoms with Gasteiger partial charge in [0.2, 0.25) is 0 Å². The van der Waals surface area contributed by atoms with Crippen LogP contribution in [-0.2, 0) is 4.57 Å². The second-order valence-corrected chi connectivity index (χ2v) is 8.53. The van der Waals surface area contributed by atoms with Crippen LogP contribution in [0.3, 0.4) is 0 Å². The number of hydrogen-bond donors (Lipinski definition) is 1. The van der Waals surface area contributed by atoms with Crippen molar-refractivity contribution in [3.05, 3.63) is 60.7 Å². The van der Waals surface area contributed by atoms with Crippen molar-refractivity contribution < 1.29 is 9.67 Å². The Hall–Kier alpha value is -1.02. The lowest BCUT2D eigenvalue weighted by molar-refractivity contribution is 0.322. The van der Waals surface area contributed by atoms with E-state index in [0.29, 0.717) is 11.2 Å². The molecule has 0 saturated carbocycles. The summed E-state index contributed by atoms with van der Waals surface area (Å²) >= 11 is 1.54. The van der Waals surface area contributed by atoms with Gasteiger partial charge in [0.15, 0.2) is 7.14 Å². The molecule has 0 fully saturated rings. The Morgan fingerprint density at radius 1 is 0.895 bits per heavy atom. The molecule has 0 aliphatic carbocycles. The number of benzene rings is 2. The summed E-state index contributed by atoms with van der Waals surface area (Å²) in [6, 6.07) is 19.2. The van der Waals surface area contributed by atoms with E-state index < -0.39 is 7.14 Å². The highest BCUT2D eigenvalue weighted by Crippen LogP contribution is 2.46. The van der Waals surface area contributed by atoms with Crippen molar-refractivity contribution in [2.45, 2.75) is 0 Å². The molecule has 2 aromatic carbocycles. The van der Waals surface area contributed by atoms with Gasteiger partial charge in [-0.3, -0.25) is 0 Å². The zero-order chi connectivity index (χ0) is 13.6. The van der Waals surface area contributed by atoms with Gasteiger partial charge < -0.3 is 9.67 Å². The van der Waals surface area contributed by atoms with Gasteiger partial charge in [-0.05, 0) is 0 Å². The van der Waals surface area contributed by atoms with Crippen molar-refractivity contribution in [2.24, 2.45) is 0 Å². The van der Waals surface area contributed by atoms with Crippen molar-refractivity contribution in [2.75, 3.05) is 17.9 Å². The maximum absolute atomic E-state index is 13.4. The molecule has 4 heteroatoms. The van der Waals surface area contributed by atoms with Crippen molar-refractivity contribution in [1.29, 1.82) is 0 Å². The lowest BCUT2D eigenvalue weighted by Crippen LogP contribution is -2.17. The third-order valence-corrected chi connectivity index (χ3v) is 7.78. The van der Waals surface area contributed by atoms with Gasteiger partial charge in [-0.25, -0.2) is 0 Å². The normalized spacial score (nSPS) is 11.4. The molecule has 2 rings (SSSR count). The highest BCUT2D eigenvalue weighted by Gasteiger charge is 2.26. The first-order chi connectivity index (χ1) is 9.27.